The van der Waals surface area contributed by atoms with Gasteiger partial charge in [0.1, 0.15) is 9.77 Å². The molecule has 0 aliphatic carbocycles. The fraction of sp³-hybridized carbons (Fsp3) is 0.214. The monoisotopic (exact) mass is 391 g/mol. The number of carbonyl (C=O) groups excluding carboxylic acids is 1. The molecule has 1 heterocycles. The molecule has 130 valence electrons. The summed E-state index contributed by atoms with van der Waals surface area (Å²) in [5.74, 6) is -0.0712. The minimum atomic E-state index is -4.04. The van der Waals surface area contributed by atoms with E-state index in [4.69, 9.17) is 21.1 Å². The Morgan fingerprint density at radius 1 is 1.17 bits per heavy atom. The fourth-order valence-corrected chi connectivity index (χ4v) is 4.55. The standard InChI is InChI=1S/C14H14ClNO6S2/c1-20-10-6-8(15)9(7-11(10)21-2)16-24(18,19)12-4-5-23-13(12)14(17)22-3/h4-7,16H,1-3H3. The van der Waals surface area contributed by atoms with Crippen LogP contribution in [0.4, 0.5) is 5.69 Å². The maximum atomic E-state index is 12.6. The van der Waals surface area contributed by atoms with Crippen LogP contribution in [0.2, 0.25) is 5.02 Å². The summed E-state index contributed by atoms with van der Waals surface area (Å²) in [4.78, 5) is 11.5. The molecule has 7 nitrogen and oxygen atoms in total. The number of thiophene rings is 1. The third-order valence-corrected chi connectivity index (χ3v) is 5.75. The third kappa shape index (κ3) is 3.58. The molecule has 1 aromatic carbocycles. The highest BCUT2D eigenvalue weighted by Crippen LogP contribution is 2.37. The first-order chi connectivity index (χ1) is 11.3. The molecule has 0 amide bonds. The molecule has 2 rings (SSSR count). The van der Waals surface area contributed by atoms with Gasteiger partial charge in [0.15, 0.2) is 11.5 Å². The quantitative estimate of drug-likeness (QED) is 0.761. The predicted octanol–water partition coefficient (Wildman–Crippen LogP) is 3.01. The normalized spacial score (nSPS) is 11.0. The van der Waals surface area contributed by atoms with E-state index in [9.17, 15) is 13.2 Å². The number of anilines is 1. The number of methoxy groups -OCH3 is 3. The lowest BCUT2D eigenvalue weighted by Crippen LogP contribution is -2.16. The van der Waals surface area contributed by atoms with Crippen LogP contribution < -0.4 is 14.2 Å². The van der Waals surface area contributed by atoms with Gasteiger partial charge in [-0.05, 0) is 11.4 Å². The second kappa shape index (κ2) is 7.29. The van der Waals surface area contributed by atoms with E-state index in [0.717, 1.165) is 11.3 Å². The zero-order chi connectivity index (χ0) is 17.9. The van der Waals surface area contributed by atoms with Gasteiger partial charge in [0.05, 0.1) is 32.0 Å². The molecule has 1 N–H and O–H groups in total. The summed E-state index contributed by atoms with van der Waals surface area (Å²) >= 11 is 7.05. The summed E-state index contributed by atoms with van der Waals surface area (Å²) in [7, 11) is -0.0149. The summed E-state index contributed by atoms with van der Waals surface area (Å²) in [5, 5.41) is 1.60. The molecule has 1 aromatic heterocycles. The second-order valence-electron chi connectivity index (χ2n) is 4.40. The molecule has 0 aliphatic heterocycles. The van der Waals surface area contributed by atoms with E-state index in [1.54, 1.807) is 0 Å². The van der Waals surface area contributed by atoms with Crippen molar-refractivity contribution in [3.63, 3.8) is 0 Å². The van der Waals surface area contributed by atoms with Gasteiger partial charge in [-0.1, -0.05) is 11.6 Å². The number of esters is 1. The molecule has 0 spiro atoms. The molecule has 10 heteroatoms. The Bertz CT molecular complexity index is 862. The van der Waals surface area contributed by atoms with Crippen LogP contribution in [0.15, 0.2) is 28.5 Å². The van der Waals surface area contributed by atoms with E-state index >= 15 is 0 Å². The first-order valence-corrected chi connectivity index (χ1v) is 9.18. The van der Waals surface area contributed by atoms with Crippen molar-refractivity contribution in [3.05, 3.63) is 33.5 Å². The first-order valence-electron chi connectivity index (χ1n) is 6.44. The van der Waals surface area contributed by atoms with Crippen LogP contribution in [0.5, 0.6) is 11.5 Å². The Kier molecular flexibility index (Phi) is 5.58. The summed E-state index contributed by atoms with van der Waals surface area (Å²) < 4.78 is 42.3. The van der Waals surface area contributed by atoms with Crippen LogP contribution in [-0.4, -0.2) is 35.7 Å². The first kappa shape index (κ1) is 18.4. The lowest BCUT2D eigenvalue weighted by Gasteiger charge is -2.13. The van der Waals surface area contributed by atoms with E-state index in [0.29, 0.717) is 11.5 Å². The number of rotatable bonds is 6. The highest BCUT2D eigenvalue weighted by atomic mass is 35.5. The van der Waals surface area contributed by atoms with Crippen LogP contribution in [0, 0.1) is 0 Å². The van der Waals surface area contributed by atoms with Crippen molar-refractivity contribution in [2.75, 3.05) is 26.1 Å². The summed E-state index contributed by atoms with van der Waals surface area (Å²) in [6, 6.07) is 4.13. The lowest BCUT2D eigenvalue weighted by atomic mass is 10.3. The molecule has 2 aromatic rings. The average Bonchev–Trinajstić information content (AvgIpc) is 3.06. The van der Waals surface area contributed by atoms with Gasteiger partial charge in [0.25, 0.3) is 10.0 Å². The SMILES string of the molecule is COC(=O)c1sccc1S(=O)(=O)Nc1cc(OC)c(OC)cc1Cl. The molecule has 0 fully saturated rings. The van der Waals surface area contributed by atoms with E-state index in [2.05, 4.69) is 9.46 Å². The van der Waals surface area contributed by atoms with Crippen molar-refractivity contribution in [1.82, 2.24) is 0 Å². The molecule has 0 atom stereocenters. The van der Waals surface area contributed by atoms with Gasteiger partial charge < -0.3 is 14.2 Å². The second-order valence-corrected chi connectivity index (χ2v) is 7.37. The zero-order valence-corrected chi connectivity index (χ0v) is 15.3. The molecule has 0 aliphatic rings. The predicted molar refractivity (Wildman–Crippen MR) is 91.0 cm³/mol. The van der Waals surface area contributed by atoms with E-state index < -0.39 is 16.0 Å². The number of sulfonamides is 1. The molecular weight excluding hydrogens is 378 g/mol. The van der Waals surface area contributed by atoms with Crippen molar-refractivity contribution in [1.29, 1.82) is 0 Å². The van der Waals surface area contributed by atoms with Crippen LogP contribution in [0.1, 0.15) is 9.67 Å². The van der Waals surface area contributed by atoms with Crippen LogP contribution >= 0.6 is 22.9 Å². The molecular formula is C14H14ClNO6S2. The Balaban J connectivity index is 2.44. The minimum Gasteiger partial charge on any atom is -0.493 e. The number of halogens is 1. The molecule has 0 unspecified atom stereocenters. The van der Waals surface area contributed by atoms with Gasteiger partial charge in [-0.2, -0.15) is 0 Å². The van der Waals surface area contributed by atoms with Gasteiger partial charge in [-0.3, -0.25) is 4.72 Å². The number of hydrogen-bond acceptors (Lipinski definition) is 7. The van der Waals surface area contributed by atoms with Gasteiger partial charge in [-0.15, -0.1) is 11.3 Å². The molecule has 24 heavy (non-hydrogen) atoms. The Hall–Kier alpha value is -1.97. The highest BCUT2D eigenvalue weighted by molar-refractivity contribution is 7.93. The summed E-state index contributed by atoms with van der Waals surface area (Å²) in [6.07, 6.45) is 0. The van der Waals surface area contributed by atoms with Crippen molar-refractivity contribution in [2.24, 2.45) is 0 Å². The number of ether oxygens (including phenoxy) is 3. The highest BCUT2D eigenvalue weighted by Gasteiger charge is 2.26. The third-order valence-electron chi connectivity index (χ3n) is 3.01. The Morgan fingerprint density at radius 2 is 1.79 bits per heavy atom. The van der Waals surface area contributed by atoms with Crippen LogP contribution in [0.25, 0.3) is 0 Å². The molecule has 0 saturated carbocycles. The van der Waals surface area contributed by atoms with Crippen molar-refractivity contribution < 1.29 is 27.4 Å². The lowest BCUT2D eigenvalue weighted by molar-refractivity contribution is 0.0602. The minimum absolute atomic E-state index is 0.0263. The number of benzene rings is 1. The van der Waals surface area contributed by atoms with Crippen molar-refractivity contribution in [3.8, 4) is 11.5 Å². The van der Waals surface area contributed by atoms with Gasteiger partial charge in [-0.25, -0.2) is 13.2 Å². The maximum absolute atomic E-state index is 12.6. The number of carbonyl (C=O) groups is 1. The Morgan fingerprint density at radius 3 is 2.38 bits per heavy atom. The van der Waals surface area contributed by atoms with Gasteiger partial charge >= 0.3 is 5.97 Å². The van der Waals surface area contributed by atoms with Crippen LogP contribution in [0.3, 0.4) is 0 Å². The van der Waals surface area contributed by atoms with Gasteiger partial charge in [0, 0.05) is 12.1 Å². The van der Waals surface area contributed by atoms with E-state index in [1.807, 2.05) is 0 Å². The fourth-order valence-electron chi connectivity index (χ4n) is 1.88. The number of nitrogens with one attached hydrogen (secondary N) is 1. The molecule has 0 saturated heterocycles. The summed E-state index contributed by atoms with van der Waals surface area (Å²) in [5.41, 5.74) is 0.0938. The van der Waals surface area contributed by atoms with Gasteiger partial charge in [0.2, 0.25) is 0 Å². The maximum Gasteiger partial charge on any atom is 0.349 e. The molecule has 0 bridgehead atoms. The zero-order valence-electron chi connectivity index (χ0n) is 13.0. The average molecular weight is 392 g/mol. The number of hydrogen-bond donors (Lipinski definition) is 1. The topological polar surface area (TPSA) is 90.9 Å². The van der Waals surface area contributed by atoms with Crippen LogP contribution in [-0.2, 0) is 14.8 Å². The van der Waals surface area contributed by atoms with Crippen molar-refractivity contribution in [2.45, 2.75) is 4.90 Å². The Labute approximate surface area is 148 Å². The smallest absolute Gasteiger partial charge is 0.349 e. The van der Waals surface area contributed by atoms with E-state index in [1.165, 1.54) is 44.9 Å². The summed E-state index contributed by atoms with van der Waals surface area (Å²) in [6.45, 7) is 0. The molecule has 0 radical (unpaired) electrons. The van der Waals surface area contributed by atoms with Crippen molar-refractivity contribution >= 4 is 44.6 Å². The largest absolute Gasteiger partial charge is 0.493 e. The van der Waals surface area contributed by atoms with E-state index in [-0.39, 0.29) is 20.5 Å².